The first-order chi connectivity index (χ1) is 10.2. The molecule has 0 aromatic heterocycles. The van der Waals surface area contributed by atoms with Gasteiger partial charge in [0, 0.05) is 12.8 Å². The molecule has 0 spiro atoms. The first-order valence-electron chi connectivity index (χ1n) is 9.13. The molecule has 0 bridgehead atoms. The molecular formula is C19H34O2. The monoisotopic (exact) mass is 294 g/mol. The van der Waals surface area contributed by atoms with Crippen LogP contribution in [0.15, 0.2) is 11.8 Å². The van der Waals surface area contributed by atoms with Crippen LogP contribution in [-0.4, -0.2) is 5.97 Å². The molecule has 0 aromatic rings. The predicted molar refractivity (Wildman–Crippen MR) is 89.0 cm³/mol. The number of allylic oxidation sites excluding steroid dienone is 2. The molecule has 0 N–H and O–H groups in total. The van der Waals surface area contributed by atoms with Gasteiger partial charge in [0.05, 0.1) is 0 Å². The highest BCUT2D eigenvalue weighted by Gasteiger charge is 2.08. The number of hydrogen-bond donors (Lipinski definition) is 0. The van der Waals surface area contributed by atoms with Crippen molar-refractivity contribution in [1.29, 1.82) is 0 Å². The van der Waals surface area contributed by atoms with Gasteiger partial charge in [0.25, 0.3) is 0 Å². The van der Waals surface area contributed by atoms with Crippen molar-refractivity contribution in [1.82, 2.24) is 0 Å². The predicted octanol–water partition coefficient (Wildman–Crippen LogP) is 6.15. The molecule has 0 aliphatic heterocycles. The normalized spacial score (nSPS) is 23.5. The maximum absolute atomic E-state index is 11.5. The minimum Gasteiger partial charge on any atom is -0.431 e. The zero-order valence-corrected chi connectivity index (χ0v) is 14.2. The molecule has 0 radical (unpaired) electrons. The van der Waals surface area contributed by atoms with Gasteiger partial charge < -0.3 is 4.74 Å². The summed E-state index contributed by atoms with van der Waals surface area (Å²) in [5.74, 6) is 1.35. The Morgan fingerprint density at radius 1 is 1.00 bits per heavy atom. The SMILES string of the molecule is CCC(=O)OC1=C[C@H](C)CCCCCCCCCCCC1. The van der Waals surface area contributed by atoms with E-state index in [1.165, 1.54) is 64.2 Å². The number of carbonyl (C=O) groups is 1. The second-order valence-electron chi connectivity index (χ2n) is 6.51. The Morgan fingerprint density at radius 3 is 2.10 bits per heavy atom. The van der Waals surface area contributed by atoms with Crippen LogP contribution in [0.1, 0.15) is 97.3 Å². The highest BCUT2D eigenvalue weighted by Crippen LogP contribution is 2.20. The van der Waals surface area contributed by atoms with Crippen LogP contribution in [0.2, 0.25) is 0 Å². The van der Waals surface area contributed by atoms with Gasteiger partial charge in [0.1, 0.15) is 5.76 Å². The molecule has 0 saturated carbocycles. The molecule has 0 aromatic carbocycles. The molecular weight excluding hydrogens is 260 g/mol. The van der Waals surface area contributed by atoms with Gasteiger partial charge in [-0.2, -0.15) is 0 Å². The van der Waals surface area contributed by atoms with E-state index in [1.807, 2.05) is 6.92 Å². The molecule has 0 unspecified atom stereocenters. The maximum Gasteiger partial charge on any atom is 0.310 e. The average molecular weight is 294 g/mol. The first-order valence-corrected chi connectivity index (χ1v) is 9.13. The molecule has 0 fully saturated rings. The van der Waals surface area contributed by atoms with Crippen molar-refractivity contribution in [2.45, 2.75) is 97.3 Å². The Kier molecular flexibility index (Phi) is 10.3. The zero-order valence-electron chi connectivity index (χ0n) is 14.2. The third kappa shape index (κ3) is 9.71. The Bertz CT molecular complexity index is 307. The van der Waals surface area contributed by atoms with Crippen LogP contribution in [0.3, 0.4) is 0 Å². The summed E-state index contributed by atoms with van der Waals surface area (Å²) < 4.78 is 5.52. The fourth-order valence-corrected chi connectivity index (χ4v) is 2.97. The second-order valence-corrected chi connectivity index (χ2v) is 6.51. The fraction of sp³-hybridized carbons (Fsp3) is 0.842. The molecule has 122 valence electrons. The number of rotatable bonds is 2. The van der Waals surface area contributed by atoms with E-state index in [0.717, 1.165) is 18.6 Å². The van der Waals surface area contributed by atoms with Crippen LogP contribution < -0.4 is 0 Å². The van der Waals surface area contributed by atoms with Crippen molar-refractivity contribution in [3.63, 3.8) is 0 Å². The van der Waals surface area contributed by atoms with Crippen LogP contribution in [-0.2, 0) is 9.53 Å². The summed E-state index contributed by atoms with van der Waals surface area (Å²) in [6.07, 6.45) is 18.1. The standard InChI is InChI=1S/C19H34O2/c1-3-19(20)21-18-15-13-11-9-7-5-4-6-8-10-12-14-17(2)16-18/h16-17H,3-15H2,1-2H3/t17-/m1/s1. The Labute approximate surface area is 131 Å². The summed E-state index contributed by atoms with van der Waals surface area (Å²) >= 11 is 0. The molecule has 0 amide bonds. The zero-order chi connectivity index (χ0) is 15.3. The van der Waals surface area contributed by atoms with Crippen molar-refractivity contribution < 1.29 is 9.53 Å². The van der Waals surface area contributed by atoms with E-state index in [-0.39, 0.29) is 5.97 Å². The average Bonchev–Trinajstić information content (AvgIpc) is 2.47. The fourth-order valence-electron chi connectivity index (χ4n) is 2.97. The smallest absolute Gasteiger partial charge is 0.310 e. The van der Waals surface area contributed by atoms with E-state index in [0.29, 0.717) is 12.3 Å². The van der Waals surface area contributed by atoms with E-state index in [4.69, 9.17) is 4.74 Å². The maximum atomic E-state index is 11.5. The first kappa shape index (κ1) is 18.3. The topological polar surface area (TPSA) is 26.3 Å². The number of esters is 1. The van der Waals surface area contributed by atoms with E-state index >= 15 is 0 Å². The van der Waals surface area contributed by atoms with Crippen LogP contribution in [0.25, 0.3) is 0 Å². The van der Waals surface area contributed by atoms with Crippen molar-refractivity contribution in [3.8, 4) is 0 Å². The molecule has 0 heterocycles. The van der Waals surface area contributed by atoms with Crippen LogP contribution in [0, 0.1) is 5.92 Å². The van der Waals surface area contributed by atoms with Gasteiger partial charge in [-0.15, -0.1) is 0 Å². The summed E-state index contributed by atoms with van der Waals surface area (Å²) in [6, 6.07) is 0. The second kappa shape index (κ2) is 11.8. The molecule has 0 saturated heterocycles. The highest BCUT2D eigenvalue weighted by atomic mass is 16.5. The van der Waals surface area contributed by atoms with E-state index < -0.39 is 0 Å². The minimum atomic E-state index is -0.0913. The Balaban J connectivity index is 2.52. The molecule has 2 nitrogen and oxygen atoms in total. The summed E-state index contributed by atoms with van der Waals surface area (Å²) in [7, 11) is 0. The summed E-state index contributed by atoms with van der Waals surface area (Å²) in [4.78, 5) is 11.5. The van der Waals surface area contributed by atoms with Crippen molar-refractivity contribution in [3.05, 3.63) is 11.8 Å². The van der Waals surface area contributed by atoms with Gasteiger partial charge >= 0.3 is 5.97 Å². The summed E-state index contributed by atoms with van der Waals surface area (Å²) in [5.41, 5.74) is 0. The third-order valence-corrected chi connectivity index (χ3v) is 4.34. The van der Waals surface area contributed by atoms with E-state index in [1.54, 1.807) is 0 Å². The van der Waals surface area contributed by atoms with Crippen molar-refractivity contribution in [2.75, 3.05) is 0 Å². The van der Waals surface area contributed by atoms with Crippen molar-refractivity contribution >= 4 is 5.97 Å². The minimum absolute atomic E-state index is 0.0913. The van der Waals surface area contributed by atoms with E-state index in [2.05, 4.69) is 13.0 Å². The number of carbonyl (C=O) groups excluding carboxylic acids is 1. The summed E-state index contributed by atoms with van der Waals surface area (Å²) in [5, 5.41) is 0. The van der Waals surface area contributed by atoms with E-state index in [9.17, 15) is 4.79 Å². The largest absolute Gasteiger partial charge is 0.431 e. The molecule has 21 heavy (non-hydrogen) atoms. The third-order valence-electron chi connectivity index (χ3n) is 4.34. The summed E-state index contributed by atoms with van der Waals surface area (Å²) in [6.45, 7) is 4.11. The lowest BCUT2D eigenvalue weighted by molar-refractivity contribution is -0.139. The molecule has 1 atom stereocenters. The molecule has 1 aliphatic carbocycles. The molecule has 2 heteroatoms. The Hall–Kier alpha value is -0.790. The van der Waals surface area contributed by atoms with Crippen molar-refractivity contribution in [2.24, 2.45) is 5.92 Å². The lowest BCUT2D eigenvalue weighted by atomic mass is 10.0. The van der Waals surface area contributed by atoms with Gasteiger partial charge in [-0.25, -0.2) is 0 Å². The lowest BCUT2D eigenvalue weighted by Crippen LogP contribution is -2.04. The van der Waals surface area contributed by atoms with Crippen LogP contribution in [0.5, 0.6) is 0 Å². The Morgan fingerprint density at radius 2 is 1.52 bits per heavy atom. The quantitative estimate of drug-likeness (QED) is 0.570. The highest BCUT2D eigenvalue weighted by molar-refractivity contribution is 5.70. The molecule has 1 aliphatic rings. The van der Waals surface area contributed by atoms with Gasteiger partial charge in [-0.3, -0.25) is 4.79 Å². The van der Waals surface area contributed by atoms with Gasteiger partial charge in [-0.1, -0.05) is 71.6 Å². The van der Waals surface area contributed by atoms with Crippen LogP contribution >= 0.6 is 0 Å². The lowest BCUT2D eigenvalue weighted by Gasteiger charge is -2.12. The van der Waals surface area contributed by atoms with Gasteiger partial charge in [-0.05, 0) is 24.8 Å². The van der Waals surface area contributed by atoms with Crippen LogP contribution in [0.4, 0.5) is 0 Å². The molecule has 1 rings (SSSR count). The number of ether oxygens (including phenoxy) is 1. The number of hydrogen-bond acceptors (Lipinski definition) is 2. The van der Waals surface area contributed by atoms with Gasteiger partial charge in [0.2, 0.25) is 0 Å². The van der Waals surface area contributed by atoms with Gasteiger partial charge in [0.15, 0.2) is 0 Å².